The molecule has 0 aromatic rings. The molecule has 16 nitrogen and oxygen atoms in total. The van der Waals surface area contributed by atoms with Crippen molar-refractivity contribution >= 4 is 33.6 Å². The first-order valence-electron chi connectivity index (χ1n) is 36.8. The Kier molecular flexibility index (Phi) is 66.9. The van der Waals surface area contributed by atoms with E-state index >= 15 is 0 Å². The van der Waals surface area contributed by atoms with Crippen LogP contribution in [0.5, 0.6) is 0 Å². The molecule has 0 saturated heterocycles. The van der Waals surface area contributed by atoms with Crippen molar-refractivity contribution in [2.24, 2.45) is 0 Å². The molecule has 0 aromatic heterocycles. The van der Waals surface area contributed by atoms with Gasteiger partial charge in [0.1, 0.15) is 25.4 Å². The van der Waals surface area contributed by atoms with Crippen LogP contribution < -0.4 is 0 Å². The predicted molar refractivity (Wildman–Crippen MR) is 390 cm³/mol. The molecule has 5 atom stereocenters. The number of aliphatic hydroxyl groups excluding tert-OH is 2. The highest BCUT2D eigenvalue weighted by molar-refractivity contribution is 7.47. The lowest BCUT2D eigenvalue weighted by Gasteiger charge is -2.21. The van der Waals surface area contributed by atoms with Crippen LogP contribution in [-0.2, 0) is 55.8 Å². The van der Waals surface area contributed by atoms with Crippen molar-refractivity contribution < 1.29 is 75.8 Å². The largest absolute Gasteiger partial charge is 0.472 e. The van der Waals surface area contributed by atoms with E-state index in [1.165, 1.54) is 77.0 Å². The van der Waals surface area contributed by atoms with Crippen molar-refractivity contribution in [1.29, 1.82) is 0 Å². The number of esters is 3. The van der Waals surface area contributed by atoms with E-state index < -0.39 is 91.5 Å². The Hall–Kier alpha value is -4.05. The Balaban J connectivity index is 4.58. The third-order valence-electron chi connectivity index (χ3n) is 15.2. The first-order chi connectivity index (χ1) is 46.2. The summed E-state index contributed by atoms with van der Waals surface area (Å²) in [7, 11) is -9.79. The van der Waals surface area contributed by atoms with Gasteiger partial charge >= 0.3 is 33.6 Å². The highest BCUT2D eigenvalue weighted by Gasteiger charge is 2.29. The summed E-state index contributed by atoms with van der Waals surface area (Å²) < 4.78 is 61.0. The molecule has 0 aliphatic rings. The zero-order chi connectivity index (χ0) is 69.5. The molecule has 0 aromatic carbocycles. The molecule has 95 heavy (non-hydrogen) atoms. The Labute approximate surface area is 576 Å². The van der Waals surface area contributed by atoms with Gasteiger partial charge in [0, 0.05) is 19.3 Å². The summed E-state index contributed by atoms with van der Waals surface area (Å²) in [4.78, 5) is 58.5. The number of hydrogen-bond donors (Lipinski definition) is 4. The van der Waals surface area contributed by atoms with E-state index in [-0.39, 0.29) is 19.3 Å². The number of unbranched alkanes of at least 4 members (excludes halogenated alkanes) is 26. The Morgan fingerprint density at radius 2 is 0.558 bits per heavy atom. The van der Waals surface area contributed by atoms with Gasteiger partial charge in [-0.1, -0.05) is 284 Å². The highest BCUT2D eigenvalue weighted by atomic mass is 31.2. The molecule has 0 amide bonds. The van der Waals surface area contributed by atoms with Gasteiger partial charge in [0.2, 0.25) is 0 Å². The third kappa shape index (κ3) is 71.1. The van der Waals surface area contributed by atoms with E-state index in [0.717, 1.165) is 154 Å². The molecule has 0 aliphatic heterocycles. The van der Waals surface area contributed by atoms with Crippen molar-refractivity contribution in [1.82, 2.24) is 0 Å². The summed E-state index contributed by atoms with van der Waals surface area (Å²) in [5, 5.41) is 20.6. The molecule has 0 heterocycles. The number of carbonyl (C=O) groups excluding carboxylic acids is 3. The van der Waals surface area contributed by atoms with Crippen molar-refractivity contribution in [2.45, 2.75) is 309 Å². The molecule has 0 radical (unpaired) electrons. The second-order valence-electron chi connectivity index (χ2n) is 24.3. The summed E-state index contributed by atoms with van der Waals surface area (Å²) in [5.74, 6) is -1.60. The van der Waals surface area contributed by atoms with Gasteiger partial charge in [0.15, 0.2) is 6.10 Å². The molecular formula is C77H132O16P2. The van der Waals surface area contributed by atoms with E-state index in [4.69, 9.17) is 32.3 Å². The summed E-state index contributed by atoms with van der Waals surface area (Å²) in [5.41, 5.74) is 0. The van der Waals surface area contributed by atoms with Crippen molar-refractivity contribution in [3.8, 4) is 0 Å². The number of rotatable bonds is 69. The molecule has 18 heteroatoms. The van der Waals surface area contributed by atoms with E-state index in [1.54, 1.807) is 0 Å². The quantitative estimate of drug-likeness (QED) is 0.0146. The maximum Gasteiger partial charge on any atom is 0.472 e. The van der Waals surface area contributed by atoms with Gasteiger partial charge in [-0.15, -0.1) is 0 Å². The second-order valence-corrected chi connectivity index (χ2v) is 27.2. The SMILES string of the molecule is CC/C=C\C/C=C\C/C=C\C/C=C\C/C=C\CCCCCCCCCCCC(=O)OCC(O)COP(=O)(O)OCC(O)COP(=O)(O)OCC(COC(=O)CCCCCCC/C=C\C/C=C\C/C=C\C/C=C\C/C=C\CC)OC(=O)CCCCCCCCCCCCCCC. The molecule has 0 saturated carbocycles. The number of aliphatic hydroxyl groups is 2. The van der Waals surface area contributed by atoms with Gasteiger partial charge in [-0.25, -0.2) is 9.13 Å². The second kappa shape index (κ2) is 69.8. The van der Waals surface area contributed by atoms with E-state index in [1.807, 2.05) is 0 Å². The van der Waals surface area contributed by atoms with Crippen LogP contribution in [0.2, 0.25) is 0 Å². The van der Waals surface area contributed by atoms with Gasteiger partial charge in [0.25, 0.3) is 0 Å². The van der Waals surface area contributed by atoms with Crippen LogP contribution in [0, 0.1) is 0 Å². The van der Waals surface area contributed by atoms with E-state index in [0.29, 0.717) is 19.3 Å². The van der Waals surface area contributed by atoms with Crippen molar-refractivity contribution in [2.75, 3.05) is 39.6 Å². The number of ether oxygens (including phenoxy) is 3. The van der Waals surface area contributed by atoms with E-state index in [9.17, 15) is 43.5 Å². The van der Waals surface area contributed by atoms with Gasteiger partial charge in [-0.3, -0.25) is 32.5 Å². The van der Waals surface area contributed by atoms with Gasteiger partial charge in [0.05, 0.1) is 26.4 Å². The van der Waals surface area contributed by atoms with Gasteiger partial charge in [-0.05, 0) is 109 Å². The zero-order valence-corrected chi connectivity index (χ0v) is 61.1. The smallest absolute Gasteiger partial charge is 0.463 e. The number of phosphoric ester groups is 2. The standard InChI is InChI=1S/C77H132O16P2/c1-4-7-10-13-16-19-22-25-27-29-31-33-34-35-36-38-40-41-43-46-48-51-54-57-60-63-75(80)87-66-72(78)67-89-94(83,84)90-68-73(79)69-91-95(85,86)92-71-74(93-77(82)65-62-59-56-53-50-45-24-21-18-15-12-9-6-3)70-88-76(81)64-61-58-55-52-49-47-44-42-39-37-32-30-28-26-23-20-17-14-11-8-5-2/h7-8,10-11,16-17,19-20,25-28,31-33,35-37,42,44,72-74,78-79H,4-6,9,12-15,18,21-24,29-30,34,38-41,43,45-71H2,1-3H3,(H,83,84)(H,85,86)/b10-7-,11-8-,19-16-,20-17-,27-25-,28-26-,33-31-,36-35-,37-32-,44-42-. The molecule has 4 N–H and O–H groups in total. The molecule has 0 bridgehead atoms. The monoisotopic (exact) mass is 1370 g/mol. The first-order valence-corrected chi connectivity index (χ1v) is 39.8. The predicted octanol–water partition coefficient (Wildman–Crippen LogP) is 21.0. The molecule has 546 valence electrons. The van der Waals surface area contributed by atoms with Crippen LogP contribution in [0.15, 0.2) is 122 Å². The molecule has 0 rings (SSSR count). The number of hydrogen-bond acceptors (Lipinski definition) is 14. The summed E-state index contributed by atoms with van der Waals surface area (Å²) in [6.07, 6.45) is 81.0. The zero-order valence-electron chi connectivity index (χ0n) is 59.3. The summed E-state index contributed by atoms with van der Waals surface area (Å²) in [6, 6.07) is 0. The van der Waals surface area contributed by atoms with Crippen LogP contribution in [0.1, 0.15) is 290 Å². The Morgan fingerprint density at radius 1 is 0.305 bits per heavy atom. The minimum atomic E-state index is -4.93. The van der Waals surface area contributed by atoms with Crippen LogP contribution in [0.25, 0.3) is 0 Å². The lowest BCUT2D eigenvalue weighted by atomic mass is 10.0. The third-order valence-corrected chi connectivity index (χ3v) is 17.1. The summed E-state index contributed by atoms with van der Waals surface area (Å²) in [6.45, 7) is 2.43. The van der Waals surface area contributed by atoms with Crippen molar-refractivity contribution in [3.05, 3.63) is 122 Å². The fourth-order valence-corrected chi connectivity index (χ4v) is 11.2. The molecule has 0 spiro atoms. The van der Waals surface area contributed by atoms with Crippen LogP contribution >= 0.6 is 15.6 Å². The minimum absolute atomic E-state index is 0.101. The average molecular weight is 1380 g/mol. The highest BCUT2D eigenvalue weighted by Crippen LogP contribution is 2.45. The maximum absolute atomic E-state index is 12.9. The maximum atomic E-state index is 12.9. The number of carbonyl (C=O) groups is 3. The lowest BCUT2D eigenvalue weighted by molar-refractivity contribution is -0.161. The average Bonchev–Trinajstić information content (AvgIpc) is 1.81. The first kappa shape index (κ1) is 91.0. The lowest BCUT2D eigenvalue weighted by Crippen LogP contribution is -2.30. The van der Waals surface area contributed by atoms with Crippen LogP contribution in [-0.4, -0.2) is 95.9 Å². The number of phosphoric acid groups is 2. The Bertz CT molecular complexity index is 2210. The van der Waals surface area contributed by atoms with Crippen LogP contribution in [0.4, 0.5) is 0 Å². The minimum Gasteiger partial charge on any atom is -0.463 e. The molecule has 0 aliphatic carbocycles. The number of allylic oxidation sites excluding steroid dienone is 20. The Morgan fingerprint density at radius 3 is 0.884 bits per heavy atom. The van der Waals surface area contributed by atoms with Gasteiger partial charge < -0.3 is 34.2 Å². The van der Waals surface area contributed by atoms with Gasteiger partial charge in [-0.2, -0.15) is 0 Å². The van der Waals surface area contributed by atoms with Crippen LogP contribution in [0.3, 0.4) is 0 Å². The molecule has 0 fully saturated rings. The van der Waals surface area contributed by atoms with E-state index in [2.05, 4.69) is 142 Å². The van der Waals surface area contributed by atoms with Crippen molar-refractivity contribution in [3.63, 3.8) is 0 Å². The molecule has 5 unspecified atom stereocenters. The topological polar surface area (TPSA) is 231 Å². The fraction of sp³-hybridized carbons (Fsp3) is 0.701. The molecular weight excluding hydrogens is 1240 g/mol. The normalized spacial score (nSPS) is 14.8. The summed E-state index contributed by atoms with van der Waals surface area (Å²) >= 11 is 0. The fourth-order valence-electron chi connectivity index (χ4n) is 9.62.